The van der Waals surface area contributed by atoms with Crippen LogP contribution in [0.25, 0.3) is 17.7 Å². The second kappa shape index (κ2) is 3.70. The van der Waals surface area contributed by atoms with Gasteiger partial charge in [-0.2, -0.15) is 0 Å². The molecule has 1 aliphatic heterocycles. The lowest BCUT2D eigenvalue weighted by molar-refractivity contribution is 0.830. The maximum Gasteiger partial charge on any atom is 0.124 e. The van der Waals surface area contributed by atoms with Crippen LogP contribution in [0.3, 0.4) is 0 Å². The Morgan fingerprint density at radius 3 is 2.71 bits per heavy atom. The SMILES string of the molecule is C1=CC2(C=c3ccccc3=N2)C2=Cc3ccccc3C2=C1. The Bertz CT molecular complexity index is 951. The number of fused-ring (bicyclic) bond motifs is 5. The maximum atomic E-state index is 5.02. The predicted molar refractivity (Wildman–Crippen MR) is 86.0 cm³/mol. The first-order valence-electron chi connectivity index (χ1n) is 7.25. The van der Waals surface area contributed by atoms with Crippen LogP contribution < -0.4 is 10.6 Å². The molecule has 0 bridgehead atoms. The second-order valence-electron chi connectivity index (χ2n) is 5.73. The van der Waals surface area contributed by atoms with Gasteiger partial charge in [-0.3, -0.25) is 4.99 Å². The fourth-order valence-corrected chi connectivity index (χ4v) is 3.54. The van der Waals surface area contributed by atoms with Crippen LogP contribution in [0.1, 0.15) is 11.1 Å². The highest BCUT2D eigenvalue weighted by Gasteiger charge is 2.37. The summed E-state index contributed by atoms with van der Waals surface area (Å²) in [4.78, 5) is 5.02. The van der Waals surface area contributed by atoms with Crippen LogP contribution in [0, 0.1) is 0 Å². The van der Waals surface area contributed by atoms with E-state index >= 15 is 0 Å². The first-order chi connectivity index (χ1) is 10.4. The van der Waals surface area contributed by atoms with Crippen molar-refractivity contribution in [1.29, 1.82) is 0 Å². The standard InChI is InChI=1S/C20H13N/c1-3-8-16-14(6-1)12-18-17(16)9-5-11-20(18)13-15-7-2-4-10-19(15)21-20/h1-13H. The fourth-order valence-electron chi connectivity index (χ4n) is 3.54. The number of benzene rings is 2. The van der Waals surface area contributed by atoms with Crippen molar-refractivity contribution in [2.45, 2.75) is 5.54 Å². The van der Waals surface area contributed by atoms with Crippen LogP contribution in [0.2, 0.25) is 0 Å². The van der Waals surface area contributed by atoms with E-state index in [4.69, 9.17) is 4.99 Å². The van der Waals surface area contributed by atoms with E-state index in [1.807, 2.05) is 0 Å². The number of para-hydroxylation sites is 1. The highest BCUT2D eigenvalue weighted by molar-refractivity contribution is 6.00. The Morgan fingerprint density at radius 2 is 1.76 bits per heavy atom. The third kappa shape index (κ3) is 1.38. The summed E-state index contributed by atoms with van der Waals surface area (Å²) in [7, 11) is 0. The van der Waals surface area contributed by atoms with Gasteiger partial charge in [0.15, 0.2) is 0 Å². The number of allylic oxidation sites excluding steroid dienone is 2. The van der Waals surface area contributed by atoms with Gasteiger partial charge in [-0.25, -0.2) is 0 Å². The minimum absolute atomic E-state index is 0.327. The summed E-state index contributed by atoms with van der Waals surface area (Å²) in [5, 5.41) is 2.31. The molecule has 98 valence electrons. The Hall–Kier alpha value is -2.67. The Morgan fingerprint density at radius 1 is 0.905 bits per heavy atom. The number of hydrogen-bond donors (Lipinski definition) is 0. The Balaban J connectivity index is 1.79. The molecule has 1 spiro atoms. The highest BCUT2D eigenvalue weighted by atomic mass is 14.9. The van der Waals surface area contributed by atoms with E-state index in [0.717, 1.165) is 5.36 Å². The fraction of sp³-hybridized carbons (Fsp3) is 0.0500. The van der Waals surface area contributed by atoms with Crippen molar-refractivity contribution in [3.8, 4) is 0 Å². The molecule has 2 aliphatic carbocycles. The molecular weight excluding hydrogens is 254 g/mol. The van der Waals surface area contributed by atoms with Crippen LogP contribution >= 0.6 is 0 Å². The molecule has 0 N–H and O–H groups in total. The van der Waals surface area contributed by atoms with Gasteiger partial charge in [0.1, 0.15) is 5.54 Å². The maximum absolute atomic E-state index is 5.02. The van der Waals surface area contributed by atoms with Crippen molar-refractivity contribution in [3.63, 3.8) is 0 Å². The lowest BCUT2D eigenvalue weighted by atomic mass is 9.82. The van der Waals surface area contributed by atoms with Gasteiger partial charge < -0.3 is 0 Å². The lowest BCUT2D eigenvalue weighted by Gasteiger charge is -2.26. The van der Waals surface area contributed by atoms with Gasteiger partial charge >= 0.3 is 0 Å². The molecule has 2 aromatic carbocycles. The van der Waals surface area contributed by atoms with Crippen molar-refractivity contribution >= 4 is 17.7 Å². The largest absolute Gasteiger partial charge is 0.265 e. The number of rotatable bonds is 0. The zero-order valence-electron chi connectivity index (χ0n) is 11.5. The molecule has 3 aliphatic rings. The van der Waals surface area contributed by atoms with E-state index in [1.165, 1.54) is 27.5 Å². The van der Waals surface area contributed by atoms with E-state index < -0.39 is 0 Å². The smallest absolute Gasteiger partial charge is 0.124 e. The molecule has 0 saturated carbocycles. The van der Waals surface area contributed by atoms with Crippen LogP contribution in [-0.4, -0.2) is 5.54 Å². The van der Waals surface area contributed by atoms with Crippen LogP contribution in [0.4, 0.5) is 0 Å². The van der Waals surface area contributed by atoms with E-state index in [9.17, 15) is 0 Å². The van der Waals surface area contributed by atoms with Gasteiger partial charge in [0.25, 0.3) is 0 Å². The Kier molecular flexibility index (Phi) is 1.95. The molecule has 5 rings (SSSR count). The van der Waals surface area contributed by atoms with Crippen molar-refractivity contribution in [3.05, 3.63) is 94.0 Å². The van der Waals surface area contributed by atoms with Gasteiger partial charge in [0.2, 0.25) is 0 Å². The molecule has 0 radical (unpaired) electrons. The van der Waals surface area contributed by atoms with Crippen molar-refractivity contribution < 1.29 is 0 Å². The van der Waals surface area contributed by atoms with Crippen molar-refractivity contribution in [2.24, 2.45) is 4.99 Å². The zero-order valence-corrected chi connectivity index (χ0v) is 11.5. The van der Waals surface area contributed by atoms with Gasteiger partial charge in [-0.05, 0) is 51.8 Å². The molecule has 1 unspecified atom stereocenters. The predicted octanol–water partition coefficient (Wildman–Crippen LogP) is 2.89. The molecule has 1 atom stereocenters. The van der Waals surface area contributed by atoms with Crippen LogP contribution in [0.15, 0.2) is 77.3 Å². The molecule has 0 amide bonds. The summed E-state index contributed by atoms with van der Waals surface area (Å²) in [5.41, 5.74) is 4.88. The van der Waals surface area contributed by atoms with Gasteiger partial charge in [0, 0.05) is 0 Å². The minimum atomic E-state index is -0.327. The van der Waals surface area contributed by atoms with Crippen molar-refractivity contribution in [2.75, 3.05) is 0 Å². The van der Waals surface area contributed by atoms with Crippen LogP contribution in [0.5, 0.6) is 0 Å². The average molecular weight is 267 g/mol. The molecule has 0 fully saturated rings. The summed E-state index contributed by atoms with van der Waals surface area (Å²) in [6, 6.07) is 16.9. The van der Waals surface area contributed by atoms with Gasteiger partial charge in [0.05, 0.1) is 5.36 Å². The summed E-state index contributed by atoms with van der Waals surface area (Å²) in [5.74, 6) is 0. The molecule has 0 saturated heterocycles. The summed E-state index contributed by atoms with van der Waals surface area (Å²) in [6.45, 7) is 0. The zero-order chi connectivity index (χ0) is 13.9. The number of nitrogens with zero attached hydrogens (tertiary/aromatic N) is 1. The highest BCUT2D eigenvalue weighted by Crippen LogP contribution is 2.46. The van der Waals surface area contributed by atoms with E-state index in [-0.39, 0.29) is 5.54 Å². The molecule has 2 aromatic rings. The minimum Gasteiger partial charge on any atom is -0.265 e. The first-order valence-corrected chi connectivity index (χ1v) is 7.25. The molecule has 1 nitrogen and oxygen atoms in total. The average Bonchev–Trinajstić information content (AvgIpc) is 3.07. The normalized spacial score (nSPS) is 23.6. The van der Waals surface area contributed by atoms with Gasteiger partial charge in [-0.15, -0.1) is 0 Å². The van der Waals surface area contributed by atoms with Gasteiger partial charge in [-0.1, -0.05) is 54.6 Å². The van der Waals surface area contributed by atoms with E-state index in [2.05, 4.69) is 78.9 Å². The monoisotopic (exact) mass is 267 g/mol. The van der Waals surface area contributed by atoms with E-state index in [0.29, 0.717) is 0 Å². The Labute approximate surface area is 123 Å². The topological polar surface area (TPSA) is 12.4 Å². The lowest BCUT2D eigenvalue weighted by Crippen LogP contribution is -2.24. The molecule has 0 aromatic heterocycles. The molecule has 21 heavy (non-hydrogen) atoms. The molecule has 1 heteroatoms. The summed E-state index contributed by atoms with van der Waals surface area (Å²) < 4.78 is 0. The second-order valence-corrected chi connectivity index (χ2v) is 5.73. The quantitative estimate of drug-likeness (QED) is 0.696. The van der Waals surface area contributed by atoms with Crippen LogP contribution in [-0.2, 0) is 0 Å². The third-order valence-corrected chi connectivity index (χ3v) is 4.50. The third-order valence-electron chi connectivity index (χ3n) is 4.50. The molecular formula is C20H13N. The first kappa shape index (κ1) is 11.0. The molecule has 1 heterocycles. The number of hydrogen-bond acceptors (Lipinski definition) is 1. The summed E-state index contributed by atoms with van der Waals surface area (Å²) in [6.07, 6.45) is 11.1. The van der Waals surface area contributed by atoms with E-state index in [1.54, 1.807) is 0 Å². The van der Waals surface area contributed by atoms with Crippen molar-refractivity contribution in [1.82, 2.24) is 0 Å². The summed E-state index contributed by atoms with van der Waals surface area (Å²) >= 11 is 0.